The smallest absolute Gasteiger partial charge is 0.0273 e. The quantitative estimate of drug-likeness (QED) is 0.789. The molecule has 16 heavy (non-hydrogen) atoms. The van der Waals surface area contributed by atoms with Crippen LogP contribution in [0.3, 0.4) is 0 Å². The van der Waals surface area contributed by atoms with E-state index in [0.717, 1.165) is 25.4 Å². The summed E-state index contributed by atoms with van der Waals surface area (Å²) in [6.45, 7) is 5.53. The van der Waals surface area contributed by atoms with Crippen molar-refractivity contribution in [3.05, 3.63) is 27.5 Å². The van der Waals surface area contributed by atoms with Gasteiger partial charge in [0.05, 0.1) is 0 Å². The molecular weight excluding hydrogens is 214 g/mol. The Bertz CT molecular complexity index is 361. The zero-order chi connectivity index (χ0) is 11.4. The number of aryl methyl sites for hydroxylation is 1. The summed E-state index contributed by atoms with van der Waals surface area (Å²) in [4.78, 5) is 2.89. The Morgan fingerprint density at radius 2 is 2.25 bits per heavy atom. The molecule has 1 aliphatic rings. The first-order chi connectivity index (χ1) is 7.81. The molecule has 0 radical (unpaired) electrons. The van der Waals surface area contributed by atoms with Crippen molar-refractivity contribution in [3.8, 4) is 0 Å². The number of hydrogen-bond donors (Lipinski definition) is 1. The molecule has 1 fully saturated rings. The van der Waals surface area contributed by atoms with Crippen molar-refractivity contribution in [2.75, 3.05) is 6.54 Å². The van der Waals surface area contributed by atoms with Gasteiger partial charge in [-0.15, -0.1) is 11.3 Å². The van der Waals surface area contributed by atoms with E-state index in [1.165, 1.54) is 28.2 Å². The van der Waals surface area contributed by atoms with Crippen LogP contribution in [-0.4, -0.2) is 12.6 Å². The number of rotatable bonds is 6. The molecule has 0 aliphatic heterocycles. The van der Waals surface area contributed by atoms with Crippen LogP contribution in [0.4, 0.5) is 0 Å². The minimum atomic E-state index is 0.810. The second-order valence-corrected chi connectivity index (χ2v) is 5.67. The van der Waals surface area contributed by atoms with Crippen molar-refractivity contribution >= 4 is 17.4 Å². The molecule has 1 aliphatic carbocycles. The lowest BCUT2D eigenvalue weighted by molar-refractivity contribution is 0.723. The predicted octanol–water partition coefficient (Wildman–Crippen LogP) is 3.86. The monoisotopic (exact) mass is 235 g/mol. The van der Waals surface area contributed by atoms with Gasteiger partial charge >= 0.3 is 0 Å². The molecule has 88 valence electrons. The van der Waals surface area contributed by atoms with E-state index in [0.29, 0.717) is 0 Å². The van der Waals surface area contributed by atoms with Crippen molar-refractivity contribution in [1.29, 1.82) is 0 Å². The molecule has 0 saturated heterocycles. The summed E-state index contributed by atoms with van der Waals surface area (Å²) >= 11 is 1.92. The highest BCUT2D eigenvalue weighted by atomic mass is 32.1. The van der Waals surface area contributed by atoms with Gasteiger partial charge in [0, 0.05) is 22.3 Å². The molecule has 1 saturated carbocycles. The normalized spacial score (nSPS) is 16.8. The Kier molecular flexibility index (Phi) is 4.19. The second-order valence-electron chi connectivity index (χ2n) is 4.47. The number of nitrogens with one attached hydrogen (secondary N) is 1. The van der Waals surface area contributed by atoms with Crippen LogP contribution in [-0.2, 0) is 6.42 Å². The highest BCUT2D eigenvalue weighted by molar-refractivity contribution is 7.12. The van der Waals surface area contributed by atoms with E-state index >= 15 is 0 Å². The molecule has 2 rings (SSSR count). The third kappa shape index (κ3) is 3.46. The van der Waals surface area contributed by atoms with Crippen LogP contribution in [0.2, 0.25) is 0 Å². The van der Waals surface area contributed by atoms with Gasteiger partial charge in [0.2, 0.25) is 0 Å². The highest BCUT2D eigenvalue weighted by Crippen LogP contribution is 2.22. The average Bonchev–Trinajstić information content (AvgIpc) is 3.03. The van der Waals surface area contributed by atoms with Gasteiger partial charge in [-0.25, -0.2) is 0 Å². The zero-order valence-corrected chi connectivity index (χ0v) is 11.1. The average molecular weight is 235 g/mol. The van der Waals surface area contributed by atoms with E-state index in [-0.39, 0.29) is 0 Å². The largest absolute Gasteiger partial charge is 0.310 e. The fourth-order valence-electron chi connectivity index (χ4n) is 1.70. The Morgan fingerprint density at radius 1 is 1.44 bits per heavy atom. The summed E-state index contributed by atoms with van der Waals surface area (Å²) < 4.78 is 0. The third-order valence-corrected chi connectivity index (χ3v) is 4.20. The van der Waals surface area contributed by atoms with E-state index in [4.69, 9.17) is 0 Å². The van der Waals surface area contributed by atoms with E-state index in [2.05, 4.69) is 37.4 Å². The van der Waals surface area contributed by atoms with Crippen molar-refractivity contribution in [1.82, 2.24) is 5.32 Å². The van der Waals surface area contributed by atoms with Crippen molar-refractivity contribution in [2.24, 2.45) is 0 Å². The predicted molar refractivity (Wildman–Crippen MR) is 73.0 cm³/mol. The first kappa shape index (κ1) is 11.9. The first-order valence-electron chi connectivity index (χ1n) is 6.33. The molecule has 0 aromatic carbocycles. The molecular formula is C14H21NS. The molecule has 1 nitrogen and oxygen atoms in total. The molecule has 0 atom stereocenters. The Hall–Kier alpha value is -0.600. The Morgan fingerprint density at radius 3 is 2.81 bits per heavy atom. The highest BCUT2D eigenvalue weighted by Gasteiger charge is 2.19. The topological polar surface area (TPSA) is 12.0 Å². The van der Waals surface area contributed by atoms with Gasteiger partial charge in [0.15, 0.2) is 0 Å². The maximum atomic E-state index is 3.58. The SMILES string of the molecule is CCC(=Cc1ccc(CC)s1)CNC1CC1. The van der Waals surface area contributed by atoms with E-state index < -0.39 is 0 Å². The van der Waals surface area contributed by atoms with Crippen LogP contribution in [0.5, 0.6) is 0 Å². The van der Waals surface area contributed by atoms with E-state index in [1.54, 1.807) is 0 Å². The van der Waals surface area contributed by atoms with Gasteiger partial charge in [0.1, 0.15) is 0 Å². The van der Waals surface area contributed by atoms with Gasteiger partial charge in [-0.2, -0.15) is 0 Å². The number of thiophene rings is 1. The second kappa shape index (κ2) is 5.65. The lowest BCUT2D eigenvalue weighted by atomic mass is 10.2. The molecule has 0 unspecified atom stereocenters. The van der Waals surface area contributed by atoms with Crippen molar-refractivity contribution in [3.63, 3.8) is 0 Å². The molecule has 0 amide bonds. The zero-order valence-electron chi connectivity index (χ0n) is 10.3. The molecule has 0 bridgehead atoms. The molecule has 2 heteroatoms. The third-order valence-electron chi connectivity index (χ3n) is 3.03. The Labute approximate surface area is 103 Å². The maximum Gasteiger partial charge on any atom is 0.0273 e. The summed E-state index contributed by atoms with van der Waals surface area (Å²) in [5.74, 6) is 0. The molecule has 1 aromatic rings. The van der Waals surface area contributed by atoms with Crippen molar-refractivity contribution in [2.45, 2.75) is 45.6 Å². The van der Waals surface area contributed by atoms with Gasteiger partial charge in [-0.1, -0.05) is 19.4 Å². The van der Waals surface area contributed by atoms with Crippen LogP contribution in [0.15, 0.2) is 17.7 Å². The molecule has 1 aromatic heterocycles. The van der Waals surface area contributed by atoms with Crippen LogP contribution in [0, 0.1) is 0 Å². The maximum absolute atomic E-state index is 3.58. The summed E-state index contributed by atoms with van der Waals surface area (Å²) in [5, 5.41) is 3.58. The van der Waals surface area contributed by atoms with Gasteiger partial charge < -0.3 is 5.32 Å². The van der Waals surface area contributed by atoms with E-state index in [1.807, 2.05) is 11.3 Å². The van der Waals surface area contributed by atoms with Crippen LogP contribution in [0.1, 0.15) is 42.9 Å². The summed E-state index contributed by atoms with van der Waals surface area (Å²) in [6, 6.07) is 5.30. The molecule has 1 heterocycles. The lowest BCUT2D eigenvalue weighted by Crippen LogP contribution is -2.18. The van der Waals surface area contributed by atoms with Crippen molar-refractivity contribution < 1.29 is 0 Å². The first-order valence-corrected chi connectivity index (χ1v) is 7.15. The molecule has 0 spiro atoms. The van der Waals surface area contributed by atoms with E-state index in [9.17, 15) is 0 Å². The van der Waals surface area contributed by atoms with Crippen LogP contribution >= 0.6 is 11.3 Å². The van der Waals surface area contributed by atoms with Gasteiger partial charge in [-0.3, -0.25) is 0 Å². The fourth-order valence-corrected chi connectivity index (χ4v) is 2.65. The molecule has 1 N–H and O–H groups in total. The standard InChI is InChI=1S/C14H21NS/c1-3-11(10-15-12-5-6-12)9-14-8-7-13(4-2)16-14/h7-9,12,15H,3-6,10H2,1-2H3. The summed E-state index contributed by atoms with van der Waals surface area (Å²) in [6.07, 6.45) is 7.41. The number of hydrogen-bond acceptors (Lipinski definition) is 2. The van der Waals surface area contributed by atoms with Crippen LogP contribution in [0.25, 0.3) is 6.08 Å². The van der Waals surface area contributed by atoms with Gasteiger partial charge in [-0.05, 0) is 43.9 Å². The summed E-state index contributed by atoms with van der Waals surface area (Å²) in [7, 11) is 0. The minimum absolute atomic E-state index is 0.810. The minimum Gasteiger partial charge on any atom is -0.310 e. The summed E-state index contributed by atoms with van der Waals surface area (Å²) in [5.41, 5.74) is 1.52. The lowest BCUT2D eigenvalue weighted by Gasteiger charge is -2.05. The fraction of sp³-hybridized carbons (Fsp3) is 0.571. The van der Waals surface area contributed by atoms with Gasteiger partial charge in [0.25, 0.3) is 0 Å². The Balaban J connectivity index is 1.94. The van der Waals surface area contributed by atoms with Crippen LogP contribution < -0.4 is 5.32 Å².